The fraction of sp³-hybridized carbons (Fsp3) is 0.516. The number of Topliss-reactive ketones (excluding diaryl/α,β-unsaturated/α-hetero) is 1. The van der Waals surface area contributed by atoms with Crippen LogP contribution in [0.15, 0.2) is 18.2 Å². The summed E-state index contributed by atoms with van der Waals surface area (Å²) in [6, 6.07) is 4.69. The predicted octanol–water partition coefficient (Wildman–Crippen LogP) is 2.80. The number of carbonyl (C=O) groups excluding carboxylic acids is 3. The van der Waals surface area contributed by atoms with Crippen LogP contribution >= 0.6 is 0 Å². The van der Waals surface area contributed by atoms with Gasteiger partial charge in [-0.2, -0.15) is 0 Å². The highest BCUT2D eigenvalue weighted by Gasteiger charge is 2.51. The Morgan fingerprint density at radius 3 is 2.33 bits per heavy atom. The average Bonchev–Trinajstić information content (AvgIpc) is 2.99. The fourth-order valence-electron chi connectivity index (χ4n) is 6.35. The highest BCUT2D eigenvalue weighted by molar-refractivity contribution is 6.31. The third-order valence-electron chi connectivity index (χ3n) is 8.66. The summed E-state index contributed by atoms with van der Waals surface area (Å²) in [6.07, 6.45) is -1.02. The molecular weight excluding hydrogens is 546 g/mol. The summed E-state index contributed by atoms with van der Waals surface area (Å²) in [5.41, 5.74) is 6.34. The van der Waals surface area contributed by atoms with Gasteiger partial charge in [-0.3, -0.25) is 14.4 Å². The first kappa shape index (κ1) is 30.1. The zero-order chi connectivity index (χ0) is 30.3. The molecule has 2 aromatic carbocycles. The van der Waals surface area contributed by atoms with Crippen LogP contribution < -0.4 is 19.9 Å². The summed E-state index contributed by atoms with van der Waals surface area (Å²) in [7, 11) is 7.16. The lowest BCUT2D eigenvalue weighted by molar-refractivity contribution is -0.216. The van der Waals surface area contributed by atoms with Gasteiger partial charge in [-0.25, -0.2) is 0 Å². The van der Waals surface area contributed by atoms with Crippen molar-refractivity contribution in [2.45, 2.75) is 50.2 Å². The van der Waals surface area contributed by atoms with Gasteiger partial charge in [0.1, 0.15) is 29.5 Å². The predicted molar refractivity (Wildman–Crippen MR) is 150 cm³/mol. The highest BCUT2D eigenvalue weighted by atomic mass is 16.7. The highest BCUT2D eigenvalue weighted by Crippen LogP contribution is 2.53. The third-order valence-corrected chi connectivity index (χ3v) is 8.66. The molecule has 2 aliphatic carbocycles. The molecule has 226 valence electrons. The molecule has 0 spiro atoms. The Morgan fingerprint density at radius 1 is 1.00 bits per heavy atom. The first-order valence-electron chi connectivity index (χ1n) is 13.8. The summed E-state index contributed by atoms with van der Waals surface area (Å²) in [5, 5.41) is 0. The Bertz CT molecular complexity index is 1420. The van der Waals surface area contributed by atoms with Crippen molar-refractivity contribution in [3.05, 3.63) is 51.6 Å². The van der Waals surface area contributed by atoms with Crippen LogP contribution in [0.5, 0.6) is 17.2 Å². The molecule has 1 fully saturated rings. The molecule has 0 aromatic heterocycles. The zero-order valence-corrected chi connectivity index (χ0v) is 24.7. The SMILES string of the molecule is COCC(=O)C1(OC)Cc2c(OC)c3c(c(OC)c2[C@H](OC2C[C@@H](N)[C@@H](C)CO2)C1)C(=O)c1c(OC)cccc1C3=O. The summed E-state index contributed by atoms with van der Waals surface area (Å²) < 4.78 is 40.9. The topological polar surface area (TPSA) is 142 Å². The minimum absolute atomic E-state index is 0.0300. The number of hydrogen-bond donors (Lipinski definition) is 1. The van der Waals surface area contributed by atoms with Crippen LogP contribution in [0.25, 0.3) is 0 Å². The van der Waals surface area contributed by atoms with Gasteiger partial charge in [0.2, 0.25) is 5.78 Å². The molecular formula is C31H37NO10. The number of hydrogen-bond acceptors (Lipinski definition) is 11. The van der Waals surface area contributed by atoms with Crippen molar-refractivity contribution in [1.82, 2.24) is 0 Å². The molecule has 2 aromatic rings. The summed E-state index contributed by atoms with van der Waals surface area (Å²) in [5.74, 6) is -0.451. The normalized spacial score (nSPS) is 26.6. The van der Waals surface area contributed by atoms with Gasteiger partial charge >= 0.3 is 0 Å². The van der Waals surface area contributed by atoms with E-state index in [1.54, 1.807) is 18.2 Å². The van der Waals surface area contributed by atoms with Crippen LogP contribution in [-0.2, 0) is 30.2 Å². The first-order valence-corrected chi connectivity index (χ1v) is 13.8. The smallest absolute Gasteiger partial charge is 0.202 e. The number of ketones is 3. The molecule has 2 N–H and O–H groups in total. The largest absolute Gasteiger partial charge is 0.496 e. The van der Waals surface area contributed by atoms with E-state index in [9.17, 15) is 14.4 Å². The van der Waals surface area contributed by atoms with E-state index in [1.165, 1.54) is 35.5 Å². The third kappa shape index (κ3) is 4.69. The molecule has 11 heteroatoms. The van der Waals surface area contributed by atoms with Gasteiger partial charge in [-0.15, -0.1) is 0 Å². The molecule has 3 aliphatic rings. The second kappa shape index (κ2) is 11.7. The molecule has 0 bridgehead atoms. The molecule has 0 radical (unpaired) electrons. The van der Waals surface area contributed by atoms with Crippen molar-refractivity contribution >= 4 is 17.3 Å². The number of nitrogens with two attached hydrogens (primary N) is 1. The van der Waals surface area contributed by atoms with E-state index in [4.69, 9.17) is 38.9 Å². The summed E-state index contributed by atoms with van der Waals surface area (Å²) in [4.78, 5) is 41.8. The molecule has 5 rings (SSSR count). The first-order chi connectivity index (χ1) is 20.2. The van der Waals surface area contributed by atoms with Crippen LogP contribution in [0, 0.1) is 5.92 Å². The minimum Gasteiger partial charge on any atom is -0.496 e. The van der Waals surface area contributed by atoms with Crippen molar-refractivity contribution in [2.75, 3.05) is 48.8 Å². The maximum Gasteiger partial charge on any atom is 0.202 e. The van der Waals surface area contributed by atoms with Crippen molar-refractivity contribution in [2.24, 2.45) is 11.7 Å². The number of methoxy groups -OCH3 is 5. The molecule has 5 atom stereocenters. The van der Waals surface area contributed by atoms with Crippen molar-refractivity contribution in [3.8, 4) is 17.2 Å². The van der Waals surface area contributed by atoms with Gasteiger partial charge in [0.15, 0.2) is 17.9 Å². The molecule has 1 heterocycles. The Balaban J connectivity index is 1.76. The average molecular weight is 584 g/mol. The Labute approximate surface area is 244 Å². The summed E-state index contributed by atoms with van der Waals surface area (Å²) in [6.45, 7) is 2.20. The van der Waals surface area contributed by atoms with E-state index in [0.717, 1.165) is 0 Å². The molecule has 1 aliphatic heterocycles. The Morgan fingerprint density at radius 2 is 1.71 bits per heavy atom. The maximum absolute atomic E-state index is 14.2. The zero-order valence-electron chi connectivity index (χ0n) is 24.7. The van der Waals surface area contributed by atoms with Crippen LogP contribution in [-0.4, -0.2) is 84.0 Å². The van der Waals surface area contributed by atoms with Gasteiger partial charge < -0.3 is 38.9 Å². The van der Waals surface area contributed by atoms with Gasteiger partial charge in [-0.1, -0.05) is 19.1 Å². The molecule has 1 saturated heterocycles. The molecule has 11 nitrogen and oxygen atoms in total. The second-order valence-corrected chi connectivity index (χ2v) is 10.9. The lowest BCUT2D eigenvalue weighted by atomic mass is 9.71. The van der Waals surface area contributed by atoms with E-state index in [1.807, 2.05) is 6.92 Å². The molecule has 0 saturated carbocycles. The van der Waals surface area contributed by atoms with Crippen LogP contribution in [0.4, 0.5) is 0 Å². The fourth-order valence-corrected chi connectivity index (χ4v) is 6.35. The van der Waals surface area contributed by atoms with Crippen molar-refractivity contribution in [1.29, 1.82) is 0 Å². The van der Waals surface area contributed by atoms with E-state index in [0.29, 0.717) is 24.2 Å². The number of ether oxygens (including phenoxy) is 7. The summed E-state index contributed by atoms with van der Waals surface area (Å²) >= 11 is 0. The number of benzene rings is 2. The van der Waals surface area contributed by atoms with Gasteiger partial charge in [0.05, 0.1) is 50.7 Å². The quantitative estimate of drug-likeness (QED) is 0.397. The molecule has 0 amide bonds. The van der Waals surface area contributed by atoms with Crippen molar-refractivity contribution < 1.29 is 47.5 Å². The van der Waals surface area contributed by atoms with E-state index >= 15 is 0 Å². The lowest BCUT2D eigenvalue weighted by Crippen LogP contribution is -2.50. The van der Waals surface area contributed by atoms with Crippen LogP contribution in [0.2, 0.25) is 0 Å². The Kier molecular flexibility index (Phi) is 8.41. The van der Waals surface area contributed by atoms with Crippen LogP contribution in [0.3, 0.4) is 0 Å². The number of rotatable bonds is 9. The standard InChI is InChI=1S/C31H37NO10/c1-15-13-41-22(10-18(15)32)42-20-12-31(40-6,21(33)14-36-2)11-17-24(20)30(39-5)26-25(29(17)38-4)27(34)16-8-7-9-19(37-3)23(16)28(26)35/h7-9,15,18,20,22H,10-14,32H2,1-6H3/t15-,18+,20+,22?,31?/m0/s1. The van der Waals surface area contributed by atoms with Gasteiger partial charge in [0, 0.05) is 56.2 Å². The molecule has 42 heavy (non-hydrogen) atoms. The van der Waals surface area contributed by atoms with Gasteiger partial charge in [0.25, 0.3) is 0 Å². The monoisotopic (exact) mass is 583 g/mol. The maximum atomic E-state index is 14.2. The van der Waals surface area contributed by atoms with Crippen molar-refractivity contribution in [3.63, 3.8) is 0 Å². The second-order valence-electron chi connectivity index (χ2n) is 10.9. The van der Waals surface area contributed by atoms with E-state index < -0.39 is 29.6 Å². The number of carbonyl (C=O) groups is 3. The van der Waals surface area contributed by atoms with E-state index in [-0.39, 0.29) is 76.7 Å². The minimum atomic E-state index is -1.38. The van der Waals surface area contributed by atoms with E-state index in [2.05, 4.69) is 0 Å². The van der Waals surface area contributed by atoms with Gasteiger partial charge in [-0.05, 0) is 12.0 Å². The molecule has 2 unspecified atom stereocenters. The number of fused-ring (bicyclic) bond motifs is 3. The van der Waals surface area contributed by atoms with Crippen LogP contribution in [0.1, 0.15) is 68.8 Å². The Hall–Kier alpha value is -3.35. The lowest BCUT2D eigenvalue weighted by Gasteiger charge is -2.43.